The number of hydrogen-bond acceptors (Lipinski definition) is 6. The molecule has 8 nitrogen and oxygen atoms in total. The predicted octanol–water partition coefficient (Wildman–Crippen LogP) is 3.42. The maximum atomic E-state index is 13.6. The van der Waals surface area contributed by atoms with E-state index in [2.05, 4.69) is 20.3 Å². The van der Waals surface area contributed by atoms with Gasteiger partial charge in [0.25, 0.3) is 5.56 Å². The summed E-state index contributed by atoms with van der Waals surface area (Å²) < 4.78 is 16.7. The Morgan fingerprint density at radius 3 is 2.84 bits per heavy atom. The zero-order valence-electron chi connectivity index (χ0n) is 17.4. The molecule has 0 saturated carbocycles. The van der Waals surface area contributed by atoms with Crippen LogP contribution in [0.15, 0.2) is 65.6 Å². The van der Waals surface area contributed by atoms with Crippen LogP contribution in [0.3, 0.4) is 0 Å². The number of hydrogen-bond donors (Lipinski definition) is 2. The van der Waals surface area contributed by atoms with Crippen LogP contribution < -0.4 is 10.9 Å². The van der Waals surface area contributed by atoms with Crippen molar-refractivity contribution in [2.75, 3.05) is 5.32 Å². The zero-order valence-corrected chi connectivity index (χ0v) is 17.4. The van der Waals surface area contributed by atoms with Crippen molar-refractivity contribution >= 4 is 22.7 Å². The number of nitrogens with one attached hydrogen (secondary N) is 1. The Kier molecular flexibility index (Phi) is 4.82. The summed E-state index contributed by atoms with van der Waals surface area (Å²) in [6, 6.07) is 11.3. The van der Waals surface area contributed by atoms with Crippen LogP contribution in [0, 0.1) is 5.82 Å². The van der Waals surface area contributed by atoms with Gasteiger partial charge >= 0.3 is 0 Å². The highest BCUT2D eigenvalue weighted by Crippen LogP contribution is 2.27. The number of aromatic nitrogens is 5. The second-order valence-electron chi connectivity index (χ2n) is 7.93. The Bertz CT molecular complexity index is 1410. The van der Waals surface area contributed by atoms with Gasteiger partial charge in [-0.2, -0.15) is 4.98 Å². The highest BCUT2D eigenvalue weighted by molar-refractivity contribution is 5.77. The summed E-state index contributed by atoms with van der Waals surface area (Å²) in [5.74, 6) is 0.294. The largest absolute Gasteiger partial charge is 0.384 e. The van der Waals surface area contributed by atoms with E-state index in [1.165, 1.54) is 23.0 Å². The van der Waals surface area contributed by atoms with Crippen LogP contribution in [0.4, 0.5) is 16.0 Å². The lowest BCUT2D eigenvalue weighted by molar-refractivity contribution is 0.0443. The fourth-order valence-corrected chi connectivity index (χ4v) is 3.81. The van der Waals surface area contributed by atoms with E-state index < -0.39 is 5.60 Å². The first-order valence-electron chi connectivity index (χ1n) is 10.3. The van der Waals surface area contributed by atoms with Gasteiger partial charge in [0.1, 0.15) is 16.8 Å². The summed E-state index contributed by atoms with van der Waals surface area (Å²) in [5, 5.41) is 14.2. The molecule has 0 saturated heterocycles. The third kappa shape index (κ3) is 3.56. The van der Waals surface area contributed by atoms with Gasteiger partial charge < -0.3 is 10.4 Å². The molecule has 0 radical (unpaired) electrons. The molecule has 1 aromatic carbocycles. The highest BCUT2D eigenvalue weighted by Gasteiger charge is 2.26. The quantitative estimate of drug-likeness (QED) is 0.471. The summed E-state index contributed by atoms with van der Waals surface area (Å²) >= 11 is 0. The molecule has 32 heavy (non-hydrogen) atoms. The van der Waals surface area contributed by atoms with Gasteiger partial charge in [0.05, 0.1) is 12.2 Å². The van der Waals surface area contributed by atoms with Crippen molar-refractivity contribution in [1.29, 1.82) is 0 Å². The minimum Gasteiger partial charge on any atom is -0.384 e. The normalized spacial score (nSPS) is 19.2. The van der Waals surface area contributed by atoms with Gasteiger partial charge in [0.2, 0.25) is 5.95 Å². The third-order valence-electron chi connectivity index (χ3n) is 5.50. The molecule has 162 valence electrons. The van der Waals surface area contributed by atoms with Gasteiger partial charge in [-0.25, -0.2) is 23.7 Å². The first kappa shape index (κ1) is 20.1. The van der Waals surface area contributed by atoms with Crippen molar-refractivity contribution in [3.8, 4) is 5.82 Å². The van der Waals surface area contributed by atoms with Crippen molar-refractivity contribution in [1.82, 2.24) is 24.3 Å². The number of anilines is 2. The molecule has 0 amide bonds. The molecule has 0 fully saturated rings. The molecule has 1 aliphatic heterocycles. The lowest BCUT2D eigenvalue weighted by Gasteiger charge is -2.22. The Labute approximate surface area is 182 Å². The standard InChI is InChI=1S/C23H21FN6O2/c1-23(32)11-3-2-4-12-29-21(31)17-14-25-22(26-16-8-5-7-15(24)13-16)28-20(17)30(29)19-10-6-9-18(23)27-19/h2,4-10,13-14,32H,3,11-12H2,1H3,(H,25,26,28)/b4-2-. The average molecular weight is 432 g/mol. The lowest BCUT2D eigenvalue weighted by Crippen LogP contribution is -2.24. The molecular formula is C23H21FN6O2. The summed E-state index contributed by atoms with van der Waals surface area (Å²) in [7, 11) is 0. The summed E-state index contributed by atoms with van der Waals surface area (Å²) in [4.78, 5) is 26.6. The van der Waals surface area contributed by atoms with Gasteiger partial charge in [-0.15, -0.1) is 0 Å². The van der Waals surface area contributed by atoms with Crippen LogP contribution in [0.25, 0.3) is 16.9 Å². The maximum Gasteiger partial charge on any atom is 0.278 e. The van der Waals surface area contributed by atoms with Gasteiger partial charge in [-0.3, -0.25) is 4.79 Å². The van der Waals surface area contributed by atoms with E-state index in [-0.39, 0.29) is 17.3 Å². The maximum absolute atomic E-state index is 13.6. The van der Waals surface area contributed by atoms with Crippen molar-refractivity contribution in [2.45, 2.75) is 31.9 Å². The van der Waals surface area contributed by atoms with E-state index in [4.69, 9.17) is 0 Å². The molecule has 1 unspecified atom stereocenters. The molecule has 1 atom stereocenters. The molecule has 0 aliphatic carbocycles. The fourth-order valence-electron chi connectivity index (χ4n) is 3.81. The minimum absolute atomic E-state index is 0.219. The van der Waals surface area contributed by atoms with E-state index in [0.717, 1.165) is 0 Å². The van der Waals surface area contributed by atoms with Gasteiger partial charge in [-0.05, 0) is 50.1 Å². The Morgan fingerprint density at radius 1 is 1.16 bits per heavy atom. The van der Waals surface area contributed by atoms with Gasteiger partial charge in [0, 0.05) is 11.9 Å². The Morgan fingerprint density at radius 2 is 2.00 bits per heavy atom. The highest BCUT2D eigenvalue weighted by atomic mass is 19.1. The number of aliphatic hydroxyl groups is 1. The van der Waals surface area contributed by atoms with Crippen LogP contribution in [-0.4, -0.2) is 29.4 Å². The van der Waals surface area contributed by atoms with E-state index in [9.17, 15) is 14.3 Å². The minimum atomic E-state index is -1.11. The van der Waals surface area contributed by atoms with Crippen molar-refractivity contribution in [2.24, 2.45) is 0 Å². The van der Waals surface area contributed by atoms with Crippen molar-refractivity contribution < 1.29 is 9.50 Å². The molecule has 0 spiro atoms. The van der Waals surface area contributed by atoms with Gasteiger partial charge in [0.15, 0.2) is 11.5 Å². The van der Waals surface area contributed by atoms with E-state index in [0.29, 0.717) is 47.6 Å². The number of rotatable bonds is 2. The summed E-state index contributed by atoms with van der Waals surface area (Å²) in [6.07, 6.45) is 6.44. The Hall–Kier alpha value is -3.85. The van der Waals surface area contributed by atoms with Crippen LogP contribution in [-0.2, 0) is 12.1 Å². The lowest BCUT2D eigenvalue weighted by atomic mass is 9.95. The second-order valence-corrected chi connectivity index (χ2v) is 7.93. The SMILES string of the molecule is CC1(O)CC/C=C\Cn2c(=O)c3cnc(Nc4cccc(F)c4)nc3n2-c2cccc1n2. The van der Waals surface area contributed by atoms with Crippen molar-refractivity contribution in [3.63, 3.8) is 0 Å². The first-order chi connectivity index (χ1) is 15.4. The molecule has 2 N–H and O–H groups in total. The van der Waals surface area contributed by atoms with Crippen molar-refractivity contribution in [3.05, 3.63) is 82.7 Å². The molecular weight excluding hydrogens is 411 g/mol. The predicted molar refractivity (Wildman–Crippen MR) is 119 cm³/mol. The summed E-state index contributed by atoms with van der Waals surface area (Å²) in [6.45, 7) is 2.05. The number of pyridine rings is 1. The van der Waals surface area contributed by atoms with Crippen LogP contribution in [0.5, 0.6) is 0 Å². The van der Waals surface area contributed by atoms with Crippen LogP contribution in [0.1, 0.15) is 25.5 Å². The Balaban J connectivity index is 1.71. The summed E-state index contributed by atoms with van der Waals surface area (Å²) in [5.41, 5.74) is -0.000281. The number of benzene rings is 1. The monoisotopic (exact) mass is 432 g/mol. The molecule has 3 aromatic heterocycles. The zero-order chi connectivity index (χ0) is 22.3. The molecule has 5 rings (SSSR count). The fraction of sp³-hybridized carbons (Fsp3) is 0.217. The molecule has 4 aromatic rings. The second kappa shape index (κ2) is 7.69. The van der Waals surface area contributed by atoms with Crippen LogP contribution in [0.2, 0.25) is 0 Å². The topological polar surface area (TPSA) is 97.9 Å². The van der Waals surface area contributed by atoms with Crippen LogP contribution >= 0.6 is 0 Å². The number of fused-ring (bicyclic) bond motifs is 6. The third-order valence-corrected chi connectivity index (χ3v) is 5.50. The van der Waals surface area contributed by atoms with E-state index >= 15 is 0 Å². The number of nitrogens with zero attached hydrogens (tertiary/aromatic N) is 5. The molecule has 9 heteroatoms. The number of halogens is 1. The molecule has 4 heterocycles. The van der Waals surface area contributed by atoms with E-state index in [1.54, 1.807) is 41.9 Å². The molecule has 2 bridgehead atoms. The van der Waals surface area contributed by atoms with Gasteiger partial charge in [-0.1, -0.05) is 24.3 Å². The molecule has 1 aliphatic rings. The first-order valence-corrected chi connectivity index (χ1v) is 10.3. The smallest absolute Gasteiger partial charge is 0.278 e. The van der Waals surface area contributed by atoms with E-state index in [1.807, 2.05) is 12.2 Å². The number of allylic oxidation sites excluding steroid dienone is 2. The average Bonchev–Trinajstić information content (AvgIpc) is 3.03.